The first-order valence-corrected chi connectivity index (χ1v) is 14.3. The van der Waals surface area contributed by atoms with Crippen molar-refractivity contribution in [2.75, 3.05) is 18.0 Å². The van der Waals surface area contributed by atoms with E-state index in [0.29, 0.717) is 31.3 Å². The number of carbonyl (C=O) groups is 3. The summed E-state index contributed by atoms with van der Waals surface area (Å²) in [5, 5.41) is 9.06. The number of amides is 2. The van der Waals surface area contributed by atoms with Crippen LogP contribution in [0.1, 0.15) is 82.8 Å². The van der Waals surface area contributed by atoms with Crippen LogP contribution in [0.25, 0.3) is 11.1 Å². The zero-order valence-electron chi connectivity index (χ0n) is 23.3. The topological polar surface area (TPSA) is 87.2 Å². The van der Waals surface area contributed by atoms with Crippen LogP contribution in [0.4, 0.5) is 10.5 Å². The molecule has 1 saturated carbocycles. The van der Waals surface area contributed by atoms with Crippen molar-refractivity contribution < 1.29 is 24.2 Å². The number of carboxylic acid groups (broad SMARTS) is 1. The largest absolute Gasteiger partial charge is 0.481 e. The van der Waals surface area contributed by atoms with E-state index in [4.69, 9.17) is 9.84 Å². The van der Waals surface area contributed by atoms with Gasteiger partial charge < -0.3 is 14.7 Å². The van der Waals surface area contributed by atoms with Crippen molar-refractivity contribution in [3.05, 3.63) is 53.6 Å². The van der Waals surface area contributed by atoms with Crippen LogP contribution in [0.2, 0.25) is 0 Å². The molecule has 0 spiro atoms. The Morgan fingerprint density at radius 1 is 0.923 bits per heavy atom. The molecule has 2 aromatic carbocycles. The number of fused-ring (bicyclic) bond motifs is 1. The summed E-state index contributed by atoms with van der Waals surface area (Å²) in [6.07, 6.45) is 6.19. The first-order valence-electron chi connectivity index (χ1n) is 14.3. The lowest BCUT2D eigenvalue weighted by atomic mass is 9.77. The fraction of sp³-hybridized carbons (Fsp3) is 0.531. The zero-order chi connectivity index (χ0) is 27.7. The Labute approximate surface area is 231 Å². The number of hydrogen-bond donors (Lipinski definition) is 1. The number of rotatable bonds is 5. The molecule has 5 rings (SSSR count). The van der Waals surface area contributed by atoms with Gasteiger partial charge in [-0.15, -0.1) is 0 Å². The number of carbonyl (C=O) groups excluding carboxylic acids is 2. The normalized spacial score (nSPS) is 23.0. The molecule has 7 nitrogen and oxygen atoms in total. The average Bonchev–Trinajstić information content (AvgIpc) is 3.55. The molecule has 208 valence electrons. The van der Waals surface area contributed by atoms with Crippen molar-refractivity contribution in [2.45, 2.75) is 89.7 Å². The summed E-state index contributed by atoms with van der Waals surface area (Å²) in [5.41, 5.74) is 5.12. The zero-order valence-corrected chi connectivity index (χ0v) is 23.3. The van der Waals surface area contributed by atoms with Gasteiger partial charge in [0.15, 0.2) is 0 Å². The van der Waals surface area contributed by atoms with Gasteiger partial charge >= 0.3 is 12.1 Å². The Kier molecular flexibility index (Phi) is 7.70. The molecule has 7 heteroatoms. The Morgan fingerprint density at radius 2 is 1.62 bits per heavy atom. The van der Waals surface area contributed by atoms with E-state index < -0.39 is 23.7 Å². The Hall–Kier alpha value is -3.35. The molecule has 1 N–H and O–H groups in total. The number of ether oxygens (including phenoxy) is 1. The predicted molar refractivity (Wildman–Crippen MR) is 151 cm³/mol. The Morgan fingerprint density at radius 3 is 2.28 bits per heavy atom. The highest BCUT2D eigenvalue weighted by atomic mass is 16.6. The predicted octanol–water partition coefficient (Wildman–Crippen LogP) is 6.39. The number of likely N-dealkylation sites (tertiary alicyclic amines) is 1. The first kappa shape index (κ1) is 27.2. The van der Waals surface area contributed by atoms with Crippen molar-refractivity contribution in [1.29, 1.82) is 0 Å². The molecule has 2 aromatic rings. The van der Waals surface area contributed by atoms with E-state index in [0.717, 1.165) is 60.9 Å². The molecule has 2 aliphatic heterocycles. The smallest absolute Gasteiger partial charge is 0.410 e. The third-order valence-electron chi connectivity index (χ3n) is 8.43. The van der Waals surface area contributed by atoms with E-state index in [1.54, 1.807) is 4.90 Å². The van der Waals surface area contributed by atoms with Crippen molar-refractivity contribution in [3.63, 3.8) is 0 Å². The Balaban J connectivity index is 1.24. The second-order valence-corrected chi connectivity index (χ2v) is 12.4. The number of carboxylic acids is 1. The lowest BCUT2D eigenvalue weighted by Gasteiger charge is -2.30. The van der Waals surface area contributed by atoms with Gasteiger partial charge in [0, 0.05) is 25.2 Å². The van der Waals surface area contributed by atoms with Gasteiger partial charge in [-0.2, -0.15) is 0 Å². The molecule has 39 heavy (non-hydrogen) atoms. The van der Waals surface area contributed by atoms with Gasteiger partial charge in [-0.05, 0) is 112 Å². The highest BCUT2D eigenvalue weighted by molar-refractivity contribution is 6.00. The van der Waals surface area contributed by atoms with Crippen LogP contribution < -0.4 is 4.90 Å². The van der Waals surface area contributed by atoms with Crippen LogP contribution in [0.5, 0.6) is 0 Å². The molecule has 3 aliphatic rings. The molecule has 2 amide bonds. The molecule has 1 unspecified atom stereocenters. The summed E-state index contributed by atoms with van der Waals surface area (Å²) in [4.78, 5) is 40.7. The summed E-state index contributed by atoms with van der Waals surface area (Å²) in [7, 11) is 0. The van der Waals surface area contributed by atoms with Gasteiger partial charge in [0.1, 0.15) is 11.6 Å². The second-order valence-electron chi connectivity index (χ2n) is 12.4. The maximum Gasteiger partial charge on any atom is 0.410 e. The molecule has 0 aromatic heterocycles. The summed E-state index contributed by atoms with van der Waals surface area (Å²) < 4.78 is 5.56. The number of aliphatic carboxylic acids is 1. The third-order valence-corrected chi connectivity index (χ3v) is 8.43. The molecule has 1 atom stereocenters. The molecular weight excluding hydrogens is 492 g/mol. The molecule has 0 radical (unpaired) electrons. The number of nitrogens with zero attached hydrogens (tertiary/aromatic N) is 2. The number of anilines is 1. The van der Waals surface area contributed by atoms with Crippen LogP contribution in [0.3, 0.4) is 0 Å². The fourth-order valence-corrected chi connectivity index (χ4v) is 6.45. The summed E-state index contributed by atoms with van der Waals surface area (Å²) in [5.74, 6) is 0.0997. The lowest BCUT2D eigenvalue weighted by molar-refractivity contribution is -0.138. The van der Waals surface area contributed by atoms with Gasteiger partial charge in [-0.25, -0.2) is 4.79 Å². The van der Waals surface area contributed by atoms with Crippen molar-refractivity contribution in [3.8, 4) is 11.1 Å². The lowest BCUT2D eigenvalue weighted by Crippen LogP contribution is -2.48. The van der Waals surface area contributed by atoms with Crippen LogP contribution in [-0.4, -0.2) is 52.7 Å². The SMILES string of the molecule is CC(C)(C)OC(=O)N1CCCC1C(=O)N1CCc2cc(-c3ccc(C4CCC(CC(=O)O)CC4)cc3)ccc21. The van der Waals surface area contributed by atoms with Gasteiger partial charge in [0.2, 0.25) is 5.91 Å². The average molecular weight is 533 g/mol. The van der Waals surface area contributed by atoms with Gasteiger partial charge in [0.25, 0.3) is 0 Å². The molecule has 2 heterocycles. The summed E-state index contributed by atoms with van der Waals surface area (Å²) in [6.45, 7) is 6.70. The number of hydrogen-bond acceptors (Lipinski definition) is 4. The van der Waals surface area contributed by atoms with Gasteiger partial charge in [-0.3, -0.25) is 14.5 Å². The van der Waals surface area contributed by atoms with E-state index in [1.807, 2.05) is 31.7 Å². The fourth-order valence-electron chi connectivity index (χ4n) is 6.45. The molecule has 1 saturated heterocycles. The summed E-state index contributed by atoms with van der Waals surface area (Å²) in [6, 6.07) is 14.6. The molecule has 0 bridgehead atoms. The van der Waals surface area contributed by atoms with Crippen LogP contribution in [0.15, 0.2) is 42.5 Å². The quantitative estimate of drug-likeness (QED) is 0.482. The molecule has 2 fully saturated rings. The van der Waals surface area contributed by atoms with Crippen LogP contribution in [-0.2, 0) is 20.7 Å². The van der Waals surface area contributed by atoms with Crippen molar-refractivity contribution in [2.24, 2.45) is 5.92 Å². The Bertz CT molecular complexity index is 1220. The van der Waals surface area contributed by atoms with E-state index in [9.17, 15) is 14.4 Å². The van der Waals surface area contributed by atoms with Crippen molar-refractivity contribution in [1.82, 2.24) is 4.90 Å². The standard InChI is InChI=1S/C32H40N2O5/c1-32(2,3)39-31(38)34-17-4-5-28(34)30(37)33-18-16-26-20-25(14-15-27(26)33)24-12-10-23(11-13-24)22-8-6-21(7-9-22)19-29(35)36/h10-15,20-22,28H,4-9,16-19H2,1-3H3,(H,35,36). The minimum atomic E-state index is -0.689. The maximum absolute atomic E-state index is 13.6. The summed E-state index contributed by atoms with van der Waals surface area (Å²) >= 11 is 0. The highest BCUT2D eigenvalue weighted by Gasteiger charge is 2.40. The molecular formula is C32H40N2O5. The minimum Gasteiger partial charge on any atom is -0.481 e. The van der Waals surface area contributed by atoms with Crippen molar-refractivity contribution >= 4 is 23.7 Å². The molecule has 1 aliphatic carbocycles. The monoisotopic (exact) mass is 532 g/mol. The third kappa shape index (κ3) is 6.13. The minimum absolute atomic E-state index is 0.0210. The van der Waals surface area contributed by atoms with E-state index in [1.165, 1.54) is 5.56 Å². The first-order chi connectivity index (χ1) is 18.6. The highest BCUT2D eigenvalue weighted by Crippen LogP contribution is 2.39. The van der Waals surface area contributed by atoms with Gasteiger partial charge in [0.05, 0.1) is 0 Å². The second kappa shape index (κ2) is 11.0. The van der Waals surface area contributed by atoms with Gasteiger partial charge in [-0.1, -0.05) is 30.3 Å². The van der Waals surface area contributed by atoms with Crippen LogP contribution >= 0.6 is 0 Å². The van der Waals surface area contributed by atoms with E-state index in [2.05, 4.69) is 36.4 Å². The maximum atomic E-state index is 13.6. The number of benzene rings is 2. The van der Waals surface area contributed by atoms with E-state index in [-0.39, 0.29) is 12.3 Å². The van der Waals surface area contributed by atoms with Crippen LogP contribution in [0, 0.1) is 5.92 Å². The van der Waals surface area contributed by atoms with E-state index >= 15 is 0 Å².